The van der Waals surface area contributed by atoms with Crippen molar-refractivity contribution in [2.45, 2.75) is 19.9 Å². The van der Waals surface area contributed by atoms with Crippen molar-refractivity contribution < 1.29 is 22.7 Å². The van der Waals surface area contributed by atoms with Crippen LogP contribution >= 0.6 is 0 Å². The number of rotatable bonds is 10. The van der Waals surface area contributed by atoms with E-state index in [1.54, 1.807) is 29.1 Å². The molecule has 0 radical (unpaired) electrons. The van der Waals surface area contributed by atoms with E-state index in [1.807, 2.05) is 83.6 Å². The van der Waals surface area contributed by atoms with Crippen molar-refractivity contribution in [2.75, 3.05) is 10.8 Å². The highest BCUT2D eigenvalue weighted by Crippen LogP contribution is 2.33. The standard InChI is InChI=1S/C28H26N4O5S/c33-28-18-32(38(34,35)30-28)26-14-12-22(17-27(26)37-20-24-9-5-2-6-10-24)11-13-25-15-16-29-31(25)21-36-19-23-7-3-1-4-8-23/h1-17H,18-21H2,(H,30,33)/b13-11+. The number of nitrogens with one attached hydrogen (secondary N) is 1. The molecule has 1 saturated heterocycles. The maximum Gasteiger partial charge on any atom is 0.326 e. The normalized spacial score (nSPS) is 14.6. The summed E-state index contributed by atoms with van der Waals surface area (Å²) >= 11 is 0. The second-order valence-corrected chi connectivity index (χ2v) is 10.2. The summed E-state index contributed by atoms with van der Waals surface area (Å²) in [7, 11) is -3.98. The molecule has 0 spiro atoms. The zero-order chi connectivity index (χ0) is 26.4. The highest BCUT2D eigenvalue weighted by atomic mass is 32.2. The molecule has 3 aromatic carbocycles. The number of anilines is 1. The molecule has 5 rings (SSSR count). The quantitative estimate of drug-likeness (QED) is 0.333. The first-order chi connectivity index (χ1) is 18.5. The van der Waals surface area contributed by atoms with Gasteiger partial charge in [-0.2, -0.15) is 13.5 Å². The lowest BCUT2D eigenvalue weighted by atomic mass is 10.1. The predicted octanol–water partition coefficient (Wildman–Crippen LogP) is 3.99. The minimum Gasteiger partial charge on any atom is -0.487 e. The van der Waals surface area contributed by atoms with E-state index in [1.165, 1.54) is 0 Å². The Morgan fingerprint density at radius 3 is 2.29 bits per heavy atom. The van der Waals surface area contributed by atoms with E-state index in [4.69, 9.17) is 9.47 Å². The molecule has 1 aliphatic heterocycles. The molecule has 10 heteroatoms. The first kappa shape index (κ1) is 25.2. The maximum absolute atomic E-state index is 12.5. The zero-order valence-corrected chi connectivity index (χ0v) is 21.3. The van der Waals surface area contributed by atoms with Gasteiger partial charge < -0.3 is 9.47 Å². The average Bonchev–Trinajstić information content (AvgIpc) is 3.49. The van der Waals surface area contributed by atoms with Crippen LogP contribution in [-0.2, 0) is 39.7 Å². The second kappa shape index (κ2) is 11.3. The topological polar surface area (TPSA) is 103 Å². The van der Waals surface area contributed by atoms with Crippen molar-refractivity contribution in [2.24, 2.45) is 0 Å². The number of hydrogen-bond donors (Lipinski definition) is 1. The van der Waals surface area contributed by atoms with Gasteiger partial charge in [-0.3, -0.25) is 4.79 Å². The van der Waals surface area contributed by atoms with Crippen LogP contribution in [0.3, 0.4) is 0 Å². The summed E-state index contributed by atoms with van der Waals surface area (Å²) in [5, 5.41) is 4.33. The van der Waals surface area contributed by atoms with E-state index in [9.17, 15) is 13.2 Å². The second-order valence-electron chi connectivity index (χ2n) is 8.59. The van der Waals surface area contributed by atoms with Crippen LogP contribution in [0.2, 0.25) is 0 Å². The largest absolute Gasteiger partial charge is 0.487 e. The van der Waals surface area contributed by atoms with Gasteiger partial charge in [0.15, 0.2) is 0 Å². The third-order valence-corrected chi connectivity index (χ3v) is 7.22. The molecule has 0 aliphatic carbocycles. The molecule has 1 aliphatic rings. The van der Waals surface area contributed by atoms with Gasteiger partial charge in [-0.1, -0.05) is 72.8 Å². The van der Waals surface area contributed by atoms with Crippen LogP contribution in [-0.4, -0.2) is 30.7 Å². The number of carbonyl (C=O) groups excluding carboxylic acids is 1. The molecule has 4 aromatic rings. The summed E-state index contributed by atoms with van der Waals surface area (Å²) in [6.07, 6.45) is 5.48. The number of aromatic nitrogens is 2. The first-order valence-corrected chi connectivity index (χ1v) is 13.4. The number of hydrogen-bond acceptors (Lipinski definition) is 6. The molecule has 1 amide bonds. The fourth-order valence-corrected chi connectivity index (χ4v) is 5.11. The number of nitrogens with zero attached hydrogens (tertiary/aromatic N) is 3. The number of benzene rings is 3. The fraction of sp³-hybridized carbons (Fsp3) is 0.143. The average molecular weight is 531 g/mol. The molecule has 1 aromatic heterocycles. The van der Waals surface area contributed by atoms with E-state index in [-0.39, 0.29) is 18.8 Å². The lowest BCUT2D eigenvalue weighted by Gasteiger charge is -2.19. The Labute approximate surface area is 221 Å². The van der Waals surface area contributed by atoms with Gasteiger partial charge in [0.05, 0.1) is 18.0 Å². The molecule has 194 valence electrons. The van der Waals surface area contributed by atoms with Gasteiger partial charge in [0.2, 0.25) is 0 Å². The molecule has 0 unspecified atom stereocenters. The Morgan fingerprint density at radius 2 is 1.61 bits per heavy atom. The van der Waals surface area contributed by atoms with Gasteiger partial charge in [0.25, 0.3) is 5.91 Å². The van der Waals surface area contributed by atoms with Crippen molar-refractivity contribution in [3.8, 4) is 5.75 Å². The van der Waals surface area contributed by atoms with E-state index >= 15 is 0 Å². The highest BCUT2D eigenvalue weighted by molar-refractivity contribution is 7.92. The molecule has 9 nitrogen and oxygen atoms in total. The van der Waals surface area contributed by atoms with Crippen LogP contribution in [0.15, 0.2) is 91.1 Å². The summed E-state index contributed by atoms with van der Waals surface area (Å²) in [5.74, 6) is -0.249. The van der Waals surface area contributed by atoms with E-state index in [0.717, 1.165) is 26.7 Å². The van der Waals surface area contributed by atoms with Crippen molar-refractivity contribution in [1.82, 2.24) is 14.5 Å². The third kappa shape index (κ3) is 6.10. The van der Waals surface area contributed by atoms with Crippen molar-refractivity contribution in [3.63, 3.8) is 0 Å². The molecular formula is C28H26N4O5S. The zero-order valence-electron chi connectivity index (χ0n) is 20.4. The lowest BCUT2D eigenvalue weighted by molar-refractivity contribution is -0.117. The van der Waals surface area contributed by atoms with Gasteiger partial charge >= 0.3 is 10.2 Å². The van der Waals surface area contributed by atoms with Crippen LogP contribution < -0.4 is 13.8 Å². The third-order valence-electron chi connectivity index (χ3n) is 5.83. The SMILES string of the molecule is O=C1CN(c2ccc(/C=C/c3ccnn3COCc3ccccc3)cc2OCc2ccccc2)S(=O)(=O)N1. The number of amides is 1. The first-order valence-electron chi connectivity index (χ1n) is 11.9. The van der Waals surface area contributed by atoms with E-state index in [2.05, 4.69) is 5.10 Å². The summed E-state index contributed by atoms with van der Waals surface area (Å²) in [4.78, 5) is 11.8. The molecule has 1 fully saturated rings. The van der Waals surface area contributed by atoms with Crippen LogP contribution in [0.1, 0.15) is 22.4 Å². The van der Waals surface area contributed by atoms with Crippen LogP contribution in [0.25, 0.3) is 12.2 Å². The summed E-state index contributed by atoms with van der Waals surface area (Å²) in [6.45, 7) is 0.702. The summed E-state index contributed by atoms with van der Waals surface area (Å²) < 4.78 is 41.6. The molecular weight excluding hydrogens is 504 g/mol. The Kier molecular flexibility index (Phi) is 7.52. The fourth-order valence-electron chi connectivity index (χ4n) is 3.95. The smallest absolute Gasteiger partial charge is 0.326 e. The molecule has 0 atom stereocenters. The Balaban J connectivity index is 1.34. The summed E-state index contributed by atoms with van der Waals surface area (Å²) in [6, 6.07) is 26.5. The highest BCUT2D eigenvalue weighted by Gasteiger charge is 2.35. The molecule has 1 N–H and O–H groups in total. The van der Waals surface area contributed by atoms with Crippen molar-refractivity contribution >= 4 is 34.0 Å². The van der Waals surface area contributed by atoms with Crippen molar-refractivity contribution in [3.05, 3.63) is 114 Å². The minimum absolute atomic E-state index is 0.238. The Hall–Kier alpha value is -4.41. The Bertz CT molecular complexity index is 1540. The molecule has 0 saturated carbocycles. The molecule has 0 bridgehead atoms. The van der Waals surface area contributed by atoms with Crippen LogP contribution in [0.5, 0.6) is 5.75 Å². The van der Waals surface area contributed by atoms with Gasteiger partial charge in [-0.15, -0.1) is 0 Å². The van der Waals surface area contributed by atoms with Gasteiger partial charge in [0, 0.05) is 6.20 Å². The van der Waals surface area contributed by atoms with Crippen molar-refractivity contribution in [1.29, 1.82) is 0 Å². The maximum atomic E-state index is 12.5. The molecule has 2 heterocycles. The number of ether oxygens (including phenoxy) is 2. The van der Waals surface area contributed by atoms with E-state index < -0.39 is 16.1 Å². The van der Waals surface area contributed by atoms with Gasteiger partial charge in [-0.05, 0) is 41.0 Å². The monoisotopic (exact) mass is 530 g/mol. The van der Waals surface area contributed by atoms with Crippen LogP contribution in [0.4, 0.5) is 5.69 Å². The Morgan fingerprint density at radius 1 is 0.895 bits per heavy atom. The predicted molar refractivity (Wildman–Crippen MR) is 144 cm³/mol. The van der Waals surface area contributed by atoms with E-state index in [0.29, 0.717) is 19.1 Å². The van der Waals surface area contributed by atoms with Crippen LogP contribution in [0, 0.1) is 0 Å². The summed E-state index contributed by atoms with van der Waals surface area (Å²) in [5.41, 5.74) is 3.92. The van der Waals surface area contributed by atoms with Gasteiger partial charge in [0.1, 0.15) is 25.6 Å². The van der Waals surface area contributed by atoms with Gasteiger partial charge in [-0.25, -0.2) is 13.7 Å². The lowest BCUT2D eigenvalue weighted by Crippen LogP contribution is -2.29. The molecule has 38 heavy (non-hydrogen) atoms. The number of carbonyl (C=O) groups is 1. The minimum atomic E-state index is -3.98.